The van der Waals surface area contributed by atoms with E-state index in [1.54, 1.807) is 17.9 Å². The molecule has 0 saturated heterocycles. The molecule has 0 bridgehead atoms. The van der Waals surface area contributed by atoms with Crippen molar-refractivity contribution in [3.05, 3.63) is 47.3 Å². The summed E-state index contributed by atoms with van der Waals surface area (Å²) < 4.78 is 1.74. The molecule has 25 heavy (non-hydrogen) atoms. The maximum absolute atomic E-state index is 12.5. The summed E-state index contributed by atoms with van der Waals surface area (Å²) in [5.74, 6) is -0.459. The Bertz CT molecular complexity index is 787. The molecular formula is C19H26N4O2. The van der Waals surface area contributed by atoms with Gasteiger partial charge in [0.25, 0.3) is 5.91 Å². The second-order valence-corrected chi connectivity index (χ2v) is 7.37. The summed E-state index contributed by atoms with van der Waals surface area (Å²) in [5, 5.41) is 7.09. The molecule has 6 heteroatoms. The van der Waals surface area contributed by atoms with Gasteiger partial charge in [0.2, 0.25) is 5.91 Å². The number of hydrogen-bond acceptors (Lipinski definition) is 3. The molecule has 0 atom stereocenters. The lowest BCUT2D eigenvalue weighted by molar-refractivity contribution is -0.116. The van der Waals surface area contributed by atoms with Crippen molar-refractivity contribution >= 4 is 17.5 Å². The minimum Gasteiger partial charge on any atom is -0.332 e. The zero-order valence-electron chi connectivity index (χ0n) is 15.8. The molecule has 0 spiro atoms. The average Bonchev–Trinajstić information content (AvgIpc) is 3.00. The van der Waals surface area contributed by atoms with Gasteiger partial charge in [-0.2, -0.15) is 5.10 Å². The maximum Gasteiger partial charge on any atom is 0.257 e. The molecule has 2 amide bonds. The Morgan fingerprint density at radius 2 is 1.92 bits per heavy atom. The Morgan fingerprint density at radius 3 is 2.52 bits per heavy atom. The summed E-state index contributed by atoms with van der Waals surface area (Å²) in [5.41, 5.74) is 3.10. The summed E-state index contributed by atoms with van der Waals surface area (Å²) in [6, 6.07) is 5.87. The summed E-state index contributed by atoms with van der Waals surface area (Å²) in [6.07, 6.45) is 3.24. The number of amides is 2. The Balaban J connectivity index is 2.02. The van der Waals surface area contributed by atoms with Gasteiger partial charge in [-0.1, -0.05) is 12.1 Å². The maximum atomic E-state index is 12.5. The number of hydrogen-bond donors (Lipinski definition) is 1. The van der Waals surface area contributed by atoms with E-state index >= 15 is 0 Å². The fraction of sp³-hybridized carbons (Fsp3) is 0.421. The standard InChI is InChI=1S/C19H26N4O2/c1-13-7-8-14(2)16(9-13)21-17(24)12-22(6)18(25)15-10-20-23(11-15)19(3,4)5/h7-11H,12H2,1-6H3,(H,21,24). The van der Waals surface area contributed by atoms with Gasteiger partial charge in [-0.05, 0) is 51.8 Å². The van der Waals surface area contributed by atoms with Crippen LogP contribution in [0.3, 0.4) is 0 Å². The lowest BCUT2D eigenvalue weighted by atomic mass is 10.1. The van der Waals surface area contributed by atoms with Crippen LogP contribution in [0.2, 0.25) is 0 Å². The first kappa shape index (κ1) is 18.7. The van der Waals surface area contributed by atoms with Crippen LogP contribution in [0.15, 0.2) is 30.6 Å². The first-order valence-corrected chi connectivity index (χ1v) is 8.25. The van der Waals surface area contributed by atoms with Crippen molar-refractivity contribution in [3.8, 4) is 0 Å². The molecule has 0 aliphatic heterocycles. The number of carbonyl (C=O) groups is 2. The van der Waals surface area contributed by atoms with Crippen LogP contribution in [-0.2, 0) is 10.3 Å². The van der Waals surface area contributed by atoms with Gasteiger partial charge in [0.1, 0.15) is 0 Å². The van der Waals surface area contributed by atoms with E-state index in [2.05, 4.69) is 10.4 Å². The first-order valence-electron chi connectivity index (χ1n) is 8.25. The number of anilines is 1. The van der Waals surface area contributed by atoms with E-state index in [1.807, 2.05) is 52.8 Å². The van der Waals surface area contributed by atoms with Crippen molar-refractivity contribution in [2.24, 2.45) is 0 Å². The molecule has 6 nitrogen and oxygen atoms in total. The SMILES string of the molecule is Cc1ccc(C)c(NC(=O)CN(C)C(=O)c2cnn(C(C)(C)C)c2)c1. The Kier molecular flexibility index (Phi) is 5.30. The third kappa shape index (κ3) is 4.68. The second-order valence-electron chi connectivity index (χ2n) is 7.37. The highest BCUT2D eigenvalue weighted by molar-refractivity contribution is 5.99. The van der Waals surface area contributed by atoms with E-state index in [4.69, 9.17) is 0 Å². The molecule has 1 heterocycles. The topological polar surface area (TPSA) is 67.2 Å². The van der Waals surface area contributed by atoms with Crippen LogP contribution >= 0.6 is 0 Å². The fourth-order valence-electron chi connectivity index (χ4n) is 2.37. The number of nitrogens with zero attached hydrogens (tertiary/aromatic N) is 3. The average molecular weight is 342 g/mol. The normalized spacial score (nSPS) is 11.3. The lowest BCUT2D eigenvalue weighted by Gasteiger charge is -2.19. The van der Waals surface area contributed by atoms with Gasteiger partial charge < -0.3 is 10.2 Å². The van der Waals surface area contributed by atoms with E-state index in [0.29, 0.717) is 5.56 Å². The van der Waals surface area contributed by atoms with Crippen molar-refractivity contribution < 1.29 is 9.59 Å². The van der Waals surface area contributed by atoms with E-state index in [-0.39, 0.29) is 23.9 Å². The van der Waals surface area contributed by atoms with Crippen molar-refractivity contribution in [3.63, 3.8) is 0 Å². The predicted octanol–water partition coefficient (Wildman–Crippen LogP) is 2.97. The van der Waals surface area contributed by atoms with Crippen molar-refractivity contribution in [2.45, 2.75) is 40.2 Å². The van der Waals surface area contributed by atoms with Crippen LogP contribution in [-0.4, -0.2) is 40.1 Å². The highest BCUT2D eigenvalue weighted by atomic mass is 16.2. The molecular weight excluding hydrogens is 316 g/mol. The molecule has 0 unspecified atom stereocenters. The number of aryl methyl sites for hydroxylation is 2. The van der Waals surface area contributed by atoms with Crippen LogP contribution < -0.4 is 5.32 Å². The van der Waals surface area contributed by atoms with Crippen LogP contribution in [0.25, 0.3) is 0 Å². The number of benzene rings is 1. The predicted molar refractivity (Wildman–Crippen MR) is 98.7 cm³/mol. The molecule has 1 N–H and O–H groups in total. The molecule has 2 rings (SSSR count). The highest BCUT2D eigenvalue weighted by Gasteiger charge is 2.20. The molecule has 0 saturated carbocycles. The molecule has 2 aromatic rings. The van der Waals surface area contributed by atoms with Crippen LogP contribution in [0.4, 0.5) is 5.69 Å². The van der Waals surface area contributed by atoms with Gasteiger partial charge in [-0.15, -0.1) is 0 Å². The summed E-state index contributed by atoms with van der Waals surface area (Å²) in [4.78, 5) is 26.1. The van der Waals surface area contributed by atoms with Crippen LogP contribution in [0.1, 0.15) is 42.3 Å². The lowest BCUT2D eigenvalue weighted by Crippen LogP contribution is -2.35. The van der Waals surface area contributed by atoms with Crippen LogP contribution in [0.5, 0.6) is 0 Å². The number of aromatic nitrogens is 2. The van der Waals surface area contributed by atoms with Crippen molar-refractivity contribution in [1.82, 2.24) is 14.7 Å². The molecule has 1 aromatic heterocycles. The van der Waals surface area contributed by atoms with Crippen LogP contribution in [0, 0.1) is 13.8 Å². The number of likely N-dealkylation sites (N-methyl/N-ethyl adjacent to an activating group) is 1. The molecule has 0 aliphatic rings. The van der Waals surface area contributed by atoms with Gasteiger partial charge in [-0.3, -0.25) is 14.3 Å². The monoisotopic (exact) mass is 342 g/mol. The quantitative estimate of drug-likeness (QED) is 0.929. The second kappa shape index (κ2) is 7.09. The number of carbonyl (C=O) groups excluding carboxylic acids is 2. The van der Waals surface area contributed by atoms with Gasteiger partial charge in [-0.25, -0.2) is 0 Å². The fourth-order valence-corrected chi connectivity index (χ4v) is 2.37. The van der Waals surface area contributed by atoms with Gasteiger partial charge >= 0.3 is 0 Å². The summed E-state index contributed by atoms with van der Waals surface area (Å²) in [6.45, 7) is 9.91. The number of nitrogens with one attached hydrogen (secondary N) is 1. The van der Waals surface area contributed by atoms with Crippen molar-refractivity contribution in [1.29, 1.82) is 0 Å². The van der Waals surface area contributed by atoms with Gasteiger partial charge in [0.05, 0.1) is 23.8 Å². The van der Waals surface area contributed by atoms with Crippen molar-refractivity contribution in [2.75, 3.05) is 18.9 Å². The minimum atomic E-state index is -0.230. The van der Waals surface area contributed by atoms with Gasteiger partial charge in [0.15, 0.2) is 0 Å². The van der Waals surface area contributed by atoms with Gasteiger partial charge in [0, 0.05) is 18.9 Å². The Hall–Kier alpha value is -2.63. The van der Waals surface area contributed by atoms with E-state index in [0.717, 1.165) is 16.8 Å². The third-order valence-electron chi connectivity index (χ3n) is 3.91. The first-order chi connectivity index (χ1) is 11.6. The Morgan fingerprint density at radius 1 is 1.24 bits per heavy atom. The van der Waals surface area contributed by atoms with E-state index in [1.165, 1.54) is 11.1 Å². The highest BCUT2D eigenvalue weighted by Crippen LogP contribution is 2.17. The third-order valence-corrected chi connectivity index (χ3v) is 3.91. The molecule has 0 radical (unpaired) electrons. The summed E-state index contributed by atoms with van der Waals surface area (Å²) >= 11 is 0. The minimum absolute atomic E-state index is 0.0209. The smallest absolute Gasteiger partial charge is 0.257 e. The zero-order chi connectivity index (χ0) is 18.8. The molecule has 0 aliphatic carbocycles. The van der Waals surface area contributed by atoms with E-state index in [9.17, 15) is 9.59 Å². The number of rotatable bonds is 4. The molecule has 1 aromatic carbocycles. The molecule has 134 valence electrons. The molecule has 0 fully saturated rings. The summed E-state index contributed by atoms with van der Waals surface area (Å²) in [7, 11) is 1.61. The zero-order valence-corrected chi connectivity index (χ0v) is 15.8. The Labute approximate surface area is 148 Å². The van der Waals surface area contributed by atoms with E-state index < -0.39 is 0 Å². The largest absolute Gasteiger partial charge is 0.332 e.